The molecule has 0 aliphatic carbocycles. The number of nitrogens with one attached hydrogen (secondary N) is 1. The molecule has 1 aromatic heterocycles. The Bertz CT molecular complexity index is 787. The number of hydrogen-bond donors (Lipinski definition) is 2. The van der Waals surface area contributed by atoms with E-state index in [0.29, 0.717) is 19.1 Å². The molecule has 0 bridgehead atoms. The first kappa shape index (κ1) is 17.6. The highest BCUT2D eigenvalue weighted by molar-refractivity contribution is 5.78. The fourth-order valence-corrected chi connectivity index (χ4v) is 3.38. The van der Waals surface area contributed by atoms with E-state index >= 15 is 0 Å². The Hall–Kier alpha value is -2.80. The van der Waals surface area contributed by atoms with Crippen LogP contribution >= 0.6 is 0 Å². The fraction of sp³-hybridized carbons (Fsp3) is 0.400. The van der Waals surface area contributed by atoms with E-state index in [-0.39, 0.29) is 6.04 Å². The molecule has 0 amide bonds. The number of ether oxygens (including phenoxy) is 2. The lowest BCUT2D eigenvalue weighted by atomic mass is 10.0. The Balaban J connectivity index is 1.35. The molecule has 4 rings (SSSR count). The van der Waals surface area contributed by atoms with Gasteiger partial charge in [-0.1, -0.05) is 24.3 Å². The lowest BCUT2D eigenvalue weighted by Gasteiger charge is -2.27. The molecule has 0 radical (unpaired) electrons. The summed E-state index contributed by atoms with van der Waals surface area (Å²) in [6.07, 6.45) is 2.73. The summed E-state index contributed by atoms with van der Waals surface area (Å²) in [5.41, 5.74) is 8.27. The van der Waals surface area contributed by atoms with Crippen LogP contribution in [0.2, 0.25) is 0 Å². The van der Waals surface area contributed by atoms with Gasteiger partial charge in [-0.25, -0.2) is 9.98 Å². The molecule has 142 valence electrons. The van der Waals surface area contributed by atoms with Gasteiger partial charge in [0.2, 0.25) is 0 Å². The van der Waals surface area contributed by atoms with Crippen molar-refractivity contribution in [3.63, 3.8) is 0 Å². The molecule has 2 aromatic rings. The van der Waals surface area contributed by atoms with Gasteiger partial charge in [-0.15, -0.1) is 0 Å². The van der Waals surface area contributed by atoms with Crippen molar-refractivity contribution < 1.29 is 9.47 Å². The van der Waals surface area contributed by atoms with Crippen LogP contribution in [0.3, 0.4) is 0 Å². The number of hydrogen-bond acceptors (Lipinski definition) is 5. The Kier molecular flexibility index (Phi) is 5.39. The molecule has 2 aliphatic heterocycles. The monoisotopic (exact) mass is 367 g/mol. The van der Waals surface area contributed by atoms with Crippen molar-refractivity contribution in [1.82, 2.24) is 10.3 Å². The molecule has 1 unspecified atom stereocenters. The summed E-state index contributed by atoms with van der Waals surface area (Å²) in [4.78, 5) is 11.3. The van der Waals surface area contributed by atoms with Gasteiger partial charge in [0.1, 0.15) is 11.6 Å². The number of nitrogens with two attached hydrogens (primary N) is 1. The fourth-order valence-electron chi connectivity index (χ4n) is 3.38. The van der Waals surface area contributed by atoms with Crippen molar-refractivity contribution in [2.24, 2.45) is 10.7 Å². The maximum Gasteiger partial charge on any atom is 0.189 e. The van der Waals surface area contributed by atoms with Gasteiger partial charge in [0.05, 0.1) is 32.4 Å². The van der Waals surface area contributed by atoms with Crippen LogP contribution in [0.1, 0.15) is 23.6 Å². The highest BCUT2D eigenvalue weighted by atomic mass is 16.5. The maximum atomic E-state index is 6.11. The molecule has 27 heavy (non-hydrogen) atoms. The summed E-state index contributed by atoms with van der Waals surface area (Å²) in [6, 6.07) is 12.3. The van der Waals surface area contributed by atoms with Crippen molar-refractivity contribution in [2.45, 2.75) is 19.0 Å². The zero-order valence-corrected chi connectivity index (χ0v) is 15.3. The first-order valence-corrected chi connectivity index (χ1v) is 9.35. The second-order valence-electron chi connectivity index (χ2n) is 6.70. The summed E-state index contributed by atoms with van der Waals surface area (Å²) in [5, 5.41) is 3.31. The molecule has 3 N–H and O–H groups in total. The van der Waals surface area contributed by atoms with Gasteiger partial charge in [-0.05, 0) is 17.7 Å². The molecule has 0 saturated carbocycles. The van der Waals surface area contributed by atoms with Gasteiger partial charge in [0, 0.05) is 31.3 Å². The van der Waals surface area contributed by atoms with Crippen LogP contribution in [-0.4, -0.2) is 43.9 Å². The summed E-state index contributed by atoms with van der Waals surface area (Å²) in [6.45, 7) is 4.45. The Morgan fingerprint density at radius 3 is 2.85 bits per heavy atom. The second-order valence-corrected chi connectivity index (χ2v) is 6.70. The van der Waals surface area contributed by atoms with Crippen LogP contribution in [0.25, 0.3) is 0 Å². The van der Waals surface area contributed by atoms with Crippen LogP contribution in [0, 0.1) is 0 Å². The molecule has 1 atom stereocenters. The quantitative estimate of drug-likeness (QED) is 0.634. The summed E-state index contributed by atoms with van der Waals surface area (Å²) in [7, 11) is 0. The van der Waals surface area contributed by atoms with Gasteiger partial charge in [0.15, 0.2) is 5.96 Å². The van der Waals surface area contributed by atoms with E-state index in [1.165, 1.54) is 0 Å². The standard InChI is InChI=1S/C20H25N5O2/c21-20(24-17-7-10-27-18-4-2-1-3-16(17)18)23-14-15-5-6-19(22-13-15)25-8-11-26-12-9-25/h1-6,13,17H,7-12,14H2,(H3,21,23,24). The number of rotatable bonds is 4. The zero-order valence-electron chi connectivity index (χ0n) is 15.3. The Labute approximate surface area is 159 Å². The average molecular weight is 367 g/mol. The minimum atomic E-state index is 0.125. The average Bonchev–Trinajstić information content (AvgIpc) is 2.74. The predicted octanol–water partition coefficient (Wildman–Crippen LogP) is 1.85. The number of anilines is 1. The van der Waals surface area contributed by atoms with Crippen LogP contribution in [0.15, 0.2) is 47.6 Å². The third-order valence-electron chi connectivity index (χ3n) is 4.86. The number of para-hydroxylation sites is 1. The van der Waals surface area contributed by atoms with E-state index < -0.39 is 0 Å². The smallest absolute Gasteiger partial charge is 0.189 e. The van der Waals surface area contributed by atoms with Crippen LogP contribution in [0.4, 0.5) is 5.82 Å². The largest absolute Gasteiger partial charge is 0.493 e. The molecule has 7 nitrogen and oxygen atoms in total. The number of benzene rings is 1. The maximum absolute atomic E-state index is 6.11. The predicted molar refractivity (Wildman–Crippen MR) is 105 cm³/mol. The Morgan fingerprint density at radius 1 is 1.19 bits per heavy atom. The number of pyridine rings is 1. The van der Waals surface area contributed by atoms with Gasteiger partial charge in [-0.2, -0.15) is 0 Å². The second kappa shape index (κ2) is 8.26. The molecule has 1 fully saturated rings. The van der Waals surface area contributed by atoms with Crippen molar-refractivity contribution in [1.29, 1.82) is 0 Å². The normalized spacial score (nSPS) is 19.9. The van der Waals surface area contributed by atoms with Crippen molar-refractivity contribution in [2.75, 3.05) is 37.8 Å². The minimum absolute atomic E-state index is 0.125. The highest BCUT2D eigenvalue weighted by Gasteiger charge is 2.21. The SMILES string of the molecule is NC(=NCc1ccc(N2CCOCC2)nc1)NC1CCOc2ccccc21. The van der Waals surface area contributed by atoms with Crippen LogP contribution < -0.4 is 20.7 Å². The topological polar surface area (TPSA) is 85.0 Å². The number of nitrogens with zero attached hydrogens (tertiary/aromatic N) is 3. The van der Waals surface area contributed by atoms with Crippen molar-refractivity contribution >= 4 is 11.8 Å². The zero-order chi connectivity index (χ0) is 18.5. The Morgan fingerprint density at radius 2 is 2.04 bits per heavy atom. The van der Waals surface area contributed by atoms with E-state index in [9.17, 15) is 0 Å². The molecular weight excluding hydrogens is 342 g/mol. The number of guanidine groups is 1. The van der Waals surface area contributed by atoms with Crippen LogP contribution in [-0.2, 0) is 11.3 Å². The van der Waals surface area contributed by atoms with E-state index in [2.05, 4.69) is 32.3 Å². The summed E-state index contributed by atoms with van der Waals surface area (Å²) < 4.78 is 11.1. The number of fused-ring (bicyclic) bond motifs is 1. The van der Waals surface area contributed by atoms with E-state index in [4.69, 9.17) is 15.2 Å². The van der Waals surface area contributed by atoms with Gasteiger partial charge >= 0.3 is 0 Å². The third-order valence-corrected chi connectivity index (χ3v) is 4.86. The number of aliphatic imine (C=N–C) groups is 1. The molecular formula is C20H25N5O2. The first-order chi connectivity index (χ1) is 13.3. The van der Waals surface area contributed by atoms with Gasteiger partial charge in [0.25, 0.3) is 0 Å². The van der Waals surface area contributed by atoms with Crippen molar-refractivity contribution in [3.05, 3.63) is 53.7 Å². The van der Waals surface area contributed by atoms with E-state index in [0.717, 1.165) is 55.4 Å². The molecule has 1 saturated heterocycles. The number of aromatic nitrogens is 1. The summed E-state index contributed by atoms with van der Waals surface area (Å²) >= 11 is 0. The third kappa shape index (κ3) is 4.31. The van der Waals surface area contributed by atoms with E-state index in [1.807, 2.05) is 30.5 Å². The lowest BCUT2D eigenvalue weighted by molar-refractivity contribution is 0.122. The summed E-state index contributed by atoms with van der Waals surface area (Å²) in [5.74, 6) is 2.34. The lowest BCUT2D eigenvalue weighted by Crippen LogP contribution is -2.37. The molecule has 0 spiro atoms. The van der Waals surface area contributed by atoms with Crippen molar-refractivity contribution in [3.8, 4) is 5.75 Å². The van der Waals surface area contributed by atoms with Gasteiger partial charge in [-0.3, -0.25) is 0 Å². The molecule has 3 heterocycles. The molecule has 2 aliphatic rings. The molecule has 1 aromatic carbocycles. The van der Waals surface area contributed by atoms with Gasteiger partial charge < -0.3 is 25.4 Å². The van der Waals surface area contributed by atoms with Crippen LogP contribution in [0.5, 0.6) is 5.75 Å². The highest BCUT2D eigenvalue weighted by Crippen LogP contribution is 2.31. The number of morpholine rings is 1. The van der Waals surface area contributed by atoms with E-state index in [1.54, 1.807) is 0 Å². The minimum Gasteiger partial charge on any atom is -0.493 e. The molecule has 7 heteroatoms. The first-order valence-electron chi connectivity index (χ1n) is 9.35.